The van der Waals surface area contributed by atoms with Gasteiger partial charge < -0.3 is 10.0 Å². The molecule has 2 heterocycles. The second-order valence-electron chi connectivity index (χ2n) is 13.3. The number of hydrogen-bond donors (Lipinski definition) is 5. The van der Waals surface area contributed by atoms with E-state index in [9.17, 15) is 61.8 Å². The van der Waals surface area contributed by atoms with Gasteiger partial charge in [-0.15, -0.1) is 0 Å². The summed E-state index contributed by atoms with van der Waals surface area (Å²) in [6.07, 6.45) is 7.76. The van der Waals surface area contributed by atoms with E-state index in [0.29, 0.717) is 17.0 Å². The predicted molar refractivity (Wildman–Crippen MR) is 191 cm³/mol. The van der Waals surface area contributed by atoms with E-state index in [2.05, 4.69) is 0 Å². The third-order valence-electron chi connectivity index (χ3n) is 8.92. The Morgan fingerprint density at radius 2 is 1.42 bits per heavy atom. The molecule has 0 aliphatic carbocycles. The number of carboxylic acids is 1. The van der Waals surface area contributed by atoms with E-state index in [1.54, 1.807) is 68.7 Å². The summed E-state index contributed by atoms with van der Waals surface area (Å²) in [5.41, 5.74) is -0.435. The number of rotatable bonds is 14. The van der Waals surface area contributed by atoms with Crippen LogP contribution in [0.25, 0.3) is 0 Å². The van der Waals surface area contributed by atoms with Crippen LogP contribution in [-0.4, -0.2) is 97.8 Å². The maximum atomic E-state index is 12.3. The largest absolute Gasteiger partial charge is 0.478 e. The number of nitrogens with zero attached hydrogens (tertiary/aromatic N) is 2. The lowest BCUT2D eigenvalue weighted by Crippen LogP contribution is -2.28. The second-order valence-corrected chi connectivity index (χ2v) is 19.2. The Bertz CT molecular complexity index is 2390. The summed E-state index contributed by atoms with van der Waals surface area (Å²) in [6.45, 7) is 6.82. The molecule has 52 heavy (non-hydrogen) atoms. The van der Waals surface area contributed by atoms with Crippen LogP contribution in [0.1, 0.15) is 62.0 Å². The van der Waals surface area contributed by atoms with Crippen LogP contribution >= 0.6 is 0 Å². The molecule has 0 spiro atoms. The topological polar surface area (TPSA) is 261 Å². The van der Waals surface area contributed by atoms with Crippen molar-refractivity contribution in [2.45, 2.75) is 61.2 Å². The fourth-order valence-corrected chi connectivity index (χ4v) is 8.96. The number of para-hydroxylation sites is 1. The first-order chi connectivity index (χ1) is 23.7. The molecular weight excluding hydrogens is 765 g/mol. The molecule has 2 aromatic carbocycles. The number of hydrogen-bond acceptors (Lipinski definition) is 10. The van der Waals surface area contributed by atoms with E-state index in [0.717, 1.165) is 12.1 Å². The van der Waals surface area contributed by atoms with Gasteiger partial charge in [0.2, 0.25) is 5.69 Å². The quantitative estimate of drug-likeness (QED) is 0.104. The van der Waals surface area contributed by atoms with Crippen molar-refractivity contribution in [3.63, 3.8) is 0 Å². The Kier molecular flexibility index (Phi) is 11.2. The van der Waals surface area contributed by atoms with Crippen LogP contribution in [0.2, 0.25) is 0 Å². The molecule has 0 fully saturated rings. The molecule has 20 heteroatoms. The van der Waals surface area contributed by atoms with E-state index in [4.69, 9.17) is 0 Å². The number of anilines is 1. The molecule has 0 unspecified atom stereocenters. The molecule has 4 rings (SSSR count). The highest BCUT2D eigenvalue weighted by Gasteiger charge is 2.47. The van der Waals surface area contributed by atoms with E-state index < -0.39 is 79.2 Å². The highest BCUT2D eigenvalue weighted by molar-refractivity contribution is 7.86. The van der Waals surface area contributed by atoms with Crippen LogP contribution in [0, 0.1) is 0 Å². The number of benzene rings is 2. The van der Waals surface area contributed by atoms with E-state index >= 15 is 0 Å². The van der Waals surface area contributed by atoms with Crippen molar-refractivity contribution in [1.82, 2.24) is 0 Å². The monoisotopic (exact) mass is 803 g/mol. The highest BCUT2D eigenvalue weighted by Crippen LogP contribution is 2.50. The molecule has 5 N–H and O–H groups in total. The van der Waals surface area contributed by atoms with Crippen molar-refractivity contribution in [3.8, 4) is 0 Å². The second kappa shape index (κ2) is 14.2. The Morgan fingerprint density at radius 1 is 0.808 bits per heavy atom. The van der Waals surface area contributed by atoms with Crippen LogP contribution < -0.4 is 4.90 Å². The molecule has 0 saturated carbocycles. The lowest BCUT2D eigenvalue weighted by atomic mass is 9.81. The average Bonchev–Trinajstić information content (AvgIpc) is 3.33. The van der Waals surface area contributed by atoms with Gasteiger partial charge in [0, 0.05) is 47.0 Å². The van der Waals surface area contributed by atoms with Crippen LogP contribution in [0.5, 0.6) is 0 Å². The van der Waals surface area contributed by atoms with E-state index in [1.807, 2.05) is 0 Å². The number of aromatic carboxylic acids is 1. The summed E-state index contributed by atoms with van der Waals surface area (Å²) in [7, 11) is -18.3. The fraction of sp³-hybridized carbons (Fsp3) is 0.375. The molecule has 2 aromatic rings. The van der Waals surface area contributed by atoms with Gasteiger partial charge in [-0.3, -0.25) is 18.2 Å². The molecule has 0 amide bonds. The minimum atomic E-state index is -4.86. The molecule has 2 aliphatic heterocycles. The summed E-state index contributed by atoms with van der Waals surface area (Å²) >= 11 is 0. The molecule has 0 bridgehead atoms. The molecule has 0 radical (unpaired) electrons. The van der Waals surface area contributed by atoms with Crippen molar-refractivity contribution in [2.75, 3.05) is 29.5 Å². The first-order valence-corrected chi connectivity index (χ1v) is 21.7. The number of carbonyl (C=O) groups is 1. The predicted octanol–water partition coefficient (Wildman–Crippen LogP) is 3.60. The van der Waals surface area contributed by atoms with Gasteiger partial charge in [-0.05, 0) is 44.5 Å². The lowest BCUT2D eigenvalue weighted by Gasteiger charge is -2.27. The van der Waals surface area contributed by atoms with Crippen molar-refractivity contribution < 1.29 is 66.4 Å². The summed E-state index contributed by atoms with van der Waals surface area (Å²) in [5.74, 6) is -2.72. The SMILES string of the molecule is CC1(C)C(C=CC=CC=C2N(CCCS(=O)(=O)O)c3cc(S(=O)(=O)O)cc(C(=O)O)c3C2(C)C)=[N+](CCCS(=O)(=O)O)c2c1cccc2S(=O)(=O)O. The Hall–Kier alpha value is -3.76. The number of allylic oxidation sites excluding steroid dienone is 6. The van der Waals surface area contributed by atoms with Gasteiger partial charge in [0.05, 0.1) is 27.4 Å². The summed E-state index contributed by atoms with van der Waals surface area (Å²) in [5, 5.41) is 10.0. The smallest absolute Gasteiger partial charge is 0.336 e. The van der Waals surface area contributed by atoms with Gasteiger partial charge in [0.15, 0.2) is 10.6 Å². The highest BCUT2D eigenvalue weighted by atomic mass is 32.2. The van der Waals surface area contributed by atoms with Crippen LogP contribution in [0.15, 0.2) is 76.2 Å². The van der Waals surface area contributed by atoms with E-state index in [-0.39, 0.29) is 47.8 Å². The average molecular weight is 804 g/mol. The minimum Gasteiger partial charge on any atom is -0.478 e. The first-order valence-electron chi connectivity index (χ1n) is 15.6. The van der Waals surface area contributed by atoms with Crippen molar-refractivity contribution in [3.05, 3.63) is 83.1 Å². The van der Waals surface area contributed by atoms with Crippen molar-refractivity contribution >= 4 is 63.5 Å². The Balaban J connectivity index is 1.82. The zero-order valence-corrected chi connectivity index (χ0v) is 31.7. The van der Waals surface area contributed by atoms with Gasteiger partial charge in [0.25, 0.3) is 30.4 Å². The summed E-state index contributed by atoms with van der Waals surface area (Å²) < 4.78 is 135. The lowest BCUT2D eigenvalue weighted by molar-refractivity contribution is -0.440. The van der Waals surface area contributed by atoms with Crippen LogP contribution in [0.4, 0.5) is 11.4 Å². The maximum Gasteiger partial charge on any atom is 0.336 e. The minimum absolute atomic E-state index is 0.0430. The van der Waals surface area contributed by atoms with Gasteiger partial charge in [-0.1, -0.05) is 44.2 Å². The van der Waals surface area contributed by atoms with Gasteiger partial charge in [-0.2, -0.15) is 38.2 Å². The first kappa shape index (κ1) is 41.0. The maximum absolute atomic E-state index is 12.3. The Morgan fingerprint density at radius 3 is 1.98 bits per heavy atom. The van der Waals surface area contributed by atoms with Gasteiger partial charge in [0.1, 0.15) is 6.54 Å². The third-order valence-corrected chi connectivity index (χ3v) is 12.2. The Labute approximate surface area is 302 Å². The number of carboxylic acid groups (broad SMARTS) is 1. The molecule has 16 nitrogen and oxygen atoms in total. The summed E-state index contributed by atoms with van der Waals surface area (Å²) in [6, 6.07) is 6.29. The fourth-order valence-electron chi connectivity index (χ4n) is 6.73. The number of fused-ring (bicyclic) bond motifs is 2. The summed E-state index contributed by atoms with van der Waals surface area (Å²) in [4.78, 5) is 12.8. The van der Waals surface area contributed by atoms with Crippen molar-refractivity contribution in [2.24, 2.45) is 0 Å². The zero-order chi connectivity index (χ0) is 39.2. The van der Waals surface area contributed by atoms with Crippen LogP contribution in [0.3, 0.4) is 0 Å². The normalized spacial score (nSPS) is 18.2. The zero-order valence-electron chi connectivity index (χ0n) is 28.5. The molecule has 0 atom stereocenters. The molecule has 2 aliphatic rings. The van der Waals surface area contributed by atoms with Gasteiger partial charge >= 0.3 is 16.1 Å². The standard InChI is InChI=1S/C32H38N2O14S4/c1-31(2)23-11-8-12-25(52(46,47)48)29(23)34(16-10-18-50(40,41)42)26(31)13-6-5-7-14-27-32(3,4)28-22(30(35)36)19-21(51(43,44)45)20-24(28)33(27)15-9-17-49(37,38)39/h5-8,11-14,19-20H,9-10,15-18H2,1-4H3,(H4-,35,36,37,38,39,40,41,42,43,44,45,46,47,48)/p+1. The molecule has 0 saturated heterocycles. The molecule has 284 valence electrons. The van der Waals surface area contributed by atoms with Crippen molar-refractivity contribution in [1.29, 1.82) is 0 Å². The van der Waals surface area contributed by atoms with E-state index in [1.165, 1.54) is 17.0 Å². The molecule has 0 aromatic heterocycles. The van der Waals surface area contributed by atoms with Gasteiger partial charge in [-0.25, -0.2) is 4.79 Å². The molecular formula is C32H39N2O14S4+. The third kappa shape index (κ3) is 8.71. The van der Waals surface area contributed by atoms with Crippen LogP contribution in [-0.2, 0) is 51.3 Å².